The molecule has 0 aliphatic carbocycles. The Hall–Kier alpha value is -3.24. The van der Waals surface area contributed by atoms with E-state index in [4.69, 9.17) is 10.3 Å². The number of carbonyl (C=O) groups is 1. The lowest BCUT2D eigenvalue weighted by molar-refractivity contribution is 0.104. The highest BCUT2D eigenvalue weighted by molar-refractivity contribution is 7.92. The summed E-state index contributed by atoms with van der Waals surface area (Å²) >= 11 is 1.24. The zero-order valence-corrected chi connectivity index (χ0v) is 18.9. The summed E-state index contributed by atoms with van der Waals surface area (Å²) in [4.78, 5) is 18.8. The molecule has 3 heterocycles. The molecule has 4 aromatic rings. The van der Waals surface area contributed by atoms with Crippen LogP contribution in [0.15, 0.2) is 39.8 Å². The van der Waals surface area contributed by atoms with E-state index in [9.17, 15) is 13.2 Å². The van der Waals surface area contributed by atoms with Crippen LogP contribution >= 0.6 is 11.3 Å². The van der Waals surface area contributed by atoms with Crippen molar-refractivity contribution in [3.63, 3.8) is 0 Å². The van der Waals surface area contributed by atoms with Gasteiger partial charge in [-0.2, -0.15) is 0 Å². The molecule has 0 saturated carbocycles. The second-order valence-electron chi connectivity index (χ2n) is 7.25. The van der Waals surface area contributed by atoms with E-state index >= 15 is 0 Å². The van der Waals surface area contributed by atoms with Crippen LogP contribution < -0.4 is 10.5 Å². The number of nitrogen functional groups attached to an aromatic ring is 1. The number of pyridine rings is 1. The minimum absolute atomic E-state index is 0.00206. The molecule has 0 spiro atoms. The summed E-state index contributed by atoms with van der Waals surface area (Å²) in [6.45, 7) is 7.52. The number of hydrogen-bond acceptors (Lipinski definition) is 8. The SMILES string of the molecule is Cc1cc(NS(=O)(=O)c2ccc(C(=O)c3sc4nc(C)c(C)c(C)c4c3N)cc2)no1. The van der Waals surface area contributed by atoms with Crippen LogP contribution in [0.4, 0.5) is 11.5 Å². The number of nitrogens with one attached hydrogen (secondary N) is 1. The minimum atomic E-state index is -3.87. The van der Waals surface area contributed by atoms with E-state index in [2.05, 4.69) is 14.9 Å². The second-order valence-corrected chi connectivity index (χ2v) is 9.94. The lowest BCUT2D eigenvalue weighted by Crippen LogP contribution is -2.13. The van der Waals surface area contributed by atoms with E-state index < -0.39 is 10.0 Å². The number of aromatic nitrogens is 2. The van der Waals surface area contributed by atoms with Crippen molar-refractivity contribution in [3.05, 3.63) is 63.4 Å². The normalized spacial score (nSPS) is 11.7. The number of anilines is 2. The van der Waals surface area contributed by atoms with Gasteiger partial charge in [0.05, 0.1) is 10.6 Å². The fraction of sp³-hybridized carbons (Fsp3) is 0.190. The van der Waals surface area contributed by atoms with Gasteiger partial charge in [0.15, 0.2) is 5.82 Å². The number of carbonyl (C=O) groups excluding carboxylic acids is 1. The quantitative estimate of drug-likeness (QED) is 0.432. The monoisotopic (exact) mass is 456 g/mol. The lowest BCUT2D eigenvalue weighted by atomic mass is 10.0. The minimum Gasteiger partial charge on any atom is -0.397 e. The average molecular weight is 457 g/mol. The third-order valence-electron chi connectivity index (χ3n) is 5.18. The summed E-state index contributed by atoms with van der Waals surface area (Å²) in [6, 6.07) is 7.13. The molecule has 0 fully saturated rings. The van der Waals surface area contributed by atoms with Crippen molar-refractivity contribution in [3.8, 4) is 0 Å². The molecule has 0 atom stereocenters. The van der Waals surface area contributed by atoms with Crippen LogP contribution in [0.3, 0.4) is 0 Å². The number of rotatable bonds is 5. The maximum atomic E-state index is 13.1. The fourth-order valence-electron chi connectivity index (χ4n) is 3.26. The first-order valence-electron chi connectivity index (χ1n) is 9.35. The molecule has 0 saturated heterocycles. The summed E-state index contributed by atoms with van der Waals surface area (Å²) in [6.07, 6.45) is 0. The molecule has 8 nitrogen and oxygen atoms in total. The van der Waals surface area contributed by atoms with Crippen molar-refractivity contribution < 1.29 is 17.7 Å². The number of aryl methyl sites for hydroxylation is 3. The van der Waals surface area contributed by atoms with Crippen LogP contribution in [-0.2, 0) is 10.0 Å². The molecule has 4 rings (SSSR count). The molecule has 3 aromatic heterocycles. The summed E-state index contributed by atoms with van der Waals surface area (Å²) in [5, 5.41) is 4.42. The van der Waals surface area contributed by atoms with Crippen molar-refractivity contribution in [2.75, 3.05) is 10.5 Å². The molecule has 160 valence electrons. The van der Waals surface area contributed by atoms with Gasteiger partial charge < -0.3 is 10.3 Å². The summed E-state index contributed by atoms with van der Waals surface area (Å²) in [5.41, 5.74) is 9.99. The highest BCUT2D eigenvalue weighted by Gasteiger charge is 2.22. The molecule has 10 heteroatoms. The molecule has 0 amide bonds. The highest BCUT2D eigenvalue weighted by atomic mass is 32.2. The average Bonchev–Trinajstić information content (AvgIpc) is 3.27. The van der Waals surface area contributed by atoms with Crippen LogP contribution in [0.25, 0.3) is 10.2 Å². The number of hydrogen-bond donors (Lipinski definition) is 2. The first kappa shape index (κ1) is 21.0. The van der Waals surface area contributed by atoms with E-state index in [0.717, 1.165) is 22.2 Å². The number of nitrogens with two attached hydrogens (primary N) is 1. The van der Waals surface area contributed by atoms with Crippen LogP contribution in [0.5, 0.6) is 0 Å². The van der Waals surface area contributed by atoms with E-state index in [1.807, 2.05) is 20.8 Å². The van der Waals surface area contributed by atoms with Crippen molar-refractivity contribution in [2.24, 2.45) is 0 Å². The van der Waals surface area contributed by atoms with Gasteiger partial charge in [-0.25, -0.2) is 13.4 Å². The van der Waals surface area contributed by atoms with E-state index in [-0.39, 0.29) is 16.5 Å². The standard InChI is InChI=1S/C21H20N4O4S2/c1-10-9-16(24-29-10)25-31(27,28)15-7-5-14(6-8-15)19(26)20-18(22)17-12(3)11(2)13(4)23-21(17)30-20/h5-9H,22H2,1-4H3,(H,24,25). The predicted molar refractivity (Wildman–Crippen MR) is 120 cm³/mol. The number of sulfonamides is 1. The van der Waals surface area contributed by atoms with E-state index in [1.165, 1.54) is 41.7 Å². The topological polar surface area (TPSA) is 128 Å². The number of thiophene rings is 1. The predicted octanol–water partition coefficient (Wildman–Crippen LogP) is 4.13. The fourth-order valence-corrected chi connectivity index (χ4v) is 5.41. The Morgan fingerprint density at radius 2 is 1.77 bits per heavy atom. The Bertz CT molecular complexity index is 1430. The molecule has 0 aliphatic rings. The van der Waals surface area contributed by atoms with Gasteiger partial charge in [-0.05, 0) is 63.1 Å². The Labute approximate surface area is 183 Å². The molecule has 0 aliphatic heterocycles. The summed E-state index contributed by atoms with van der Waals surface area (Å²) in [7, 11) is -3.87. The van der Waals surface area contributed by atoms with Gasteiger partial charge in [0, 0.05) is 22.7 Å². The van der Waals surface area contributed by atoms with Crippen LogP contribution in [0.1, 0.15) is 37.8 Å². The van der Waals surface area contributed by atoms with Gasteiger partial charge in [-0.3, -0.25) is 9.52 Å². The largest absolute Gasteiger partial charge is 0.397 e. The van der Waals surface area contributed by atoms with Crippen molar-refractivity contribution in [1.29, 1.82) is 0 Å². The van der Waals surface area contributed by atoms with Crippen molar-refractivity contribution >= 4 is 48.9 Å². The molecule has 31 heavy (non-hydrogen) atoms. The first-order chi connectivity index (χ1) is 14.6. The maximum Gasteiger partial charge on any atom is 0.263 e. The van der Waals surface area contributed by atoms with Gasteiger partial charge in [0.25, 0.3) is 10.0 Å². The van der Waals surface area contributed by atoms with Gasteiger partial charge in [-0.15, -0.1) is 11.3 Å². The summed E-state index contributed by atoms with van der Waals surface area (Å²) < 4.78 is 32.3. The van der Waals surface area contributed by atoms with Crippen molar-refractivity contribution in [1.82, 2.24) is 10.1 Å². The van der Waals surface area contributed by atoms with Gasteiger partial charge in [-0.1, -0.05) is 5.16 Å². The van der Waals surface area contributed by atoms with Crippen LogP contribution in [-0.4, -0.2) is 24.3 Å². The van der Waals surface area contributed by atoms with E-state index in [1.54, 1.807) is 6.92 Å². The number of benzene rings is 1. The number of nitrogens with zero attached hydrogens (tertiary/aromatic N) is 2. The zero-order valence-electron chi connectivity index (χ0n) is 17.3. The van der Waals surface area contributed by atoms with Crippen LogP contribution in [0.2, 0.25) is 0 Å². The molecular weight excluding hydrogens is 436 g/mol. The zero-order chi connectivity index (χ0) is 22.5. The van der Waals surface area contributed by atoms with Crippen molar-refractivity contribution in [2.45, 2.75) is 32.6 Å². The highest BCUT2D eigenvalue weighted by Crippen LogP contribution is 2.37. The maximum absolute atomic E-state index is 13.1. The number of fused-ring (bicyclic) bond motifs is 1. The summed E-state index contributed by atoms with van der Waals surface area (Å²) in [5.74, 6) is 0.290. The Balaban J connectivity index is 1.66. The molecule has 3 N–H and O–H groups in total. The van der Waals surface area contributed by atoms with Gasteiger partial charge in [0.1, 0.15) is 15.5 Å². The smallest absolute Gasteiger partial charge is 0.263 e. The van der Waals surface area contributed by atoms with Gasteiger partial charge >= 0.3 is 0 Å². The molecule has 0 bridgehead atoms. The second kappa shape index (κ2) is 7.47. The third kappa shape index (κ3) is 3.68. The molecule has 0 radical (unpaired) electrons. The number of ketones is 1. The Kier molecular flexibility index (Phi) is 5.06. The van der Waals surface area contributed by atoms with Gasteiger partial charge in [0.2, 0.25) is 5.78 Å². The Morgan fingerprint density at radius 1 is 1.10 bits per heavy atom. The van der Waals surface area contributed by atoms with Crippen LogP contribution in [0, 0.1) is 27.7 Å². The molecule has 1 aromatic carbocycles. The first-order valence-corrected chi connectivity index (χ1v) is 11.6. The molecule has 0 unspecified atom stereocenters. The van der Waals surface area contributed by atoms with E-state index in [0.29, 0.717) is 26.7 Å². The Morgan fingerprint density at radius 3 is 2.39 bits per heavy atom. The lowest BCUT2D eigenvalue weighted by Gasteiger charge is -2.06. The third-order valence-corrected chi connectivity index (χ3v) is 7.64. The molecular formula is C21H20N4O4S2.